The van der Waals surface area contributed by atoms with Gasteiger partial charge in [0.2, 0.25) is 5.91 Å². The van der Waals surface area contributed by atoms with Crippen LogP contribution in [0.3, 0.4) is 0 Å². The van der Waals surface area contributed by atoms with Crippen LogP contribution in [0.15, 0.2) is 0 Å². The first-order chi connectivity index (χ1) is 5.16. The summed E-state index contributed by atoms with van der Waals surface area (Å²) in [4.78, 5) is 20.6. The standard InChI is InChI=1S/C6H12N2O3/c7-3-4-8-5(9)1-2-6(10)11/h1-4,7H2,(H,8,9)(H,10,11). The van der Waals surface area contributed by atoms with Gasteiger partial charge in [-0.3, -0.25) is 9.59 Å². The molecule has 0 aliphatic rings. The Balaban J connectivity index is 3.30. The van der Waals surface area contributed by atoms with E-state index < -0.39 is 5.97 Å². The average Bonchev–Trinajstić information content (AvgIpc) is 1.97. The van der Waals surface area contributed by atoms with Crippen molar-refractivity contribution < 1.29 is 14.7 Å². The van der Waals surface area contributed by atoms with Crippen molar-refractivity contribution in [1.82, 2.24) is 5.32 Å². The van der Waals surface area contributed by atoms with Crippen LogP contribution < -0.4 is 11.1 Å². The number of carbonyl (C=O) groups is 2. The fourth-order valence-corrected chi connectivity index (χ4v) is 0.520. The highest BCUT2D eigenvalue weighted by atomic mass is 16.4. The van der Waals surface area contributed by atoms with Gasteiger partial charge in [-0.15, -0.1) is 0 Å². The Morgan fingerprint density at radius 3 is 2.45 bits per heavy atom. The molecule has 64 valence electrons. The minimum Gasteiger partial charge on any atom is -0.481 e. The highest BCUT2D eigenvalue weighted by Crippen LogP contribution is 1.87. The molecule has 0 aliphatic heterocycles. The number of aliphatic carboxylic acids is 1. The molecule has 0 aromatic carbocycles. The van der Waals surface area contributed by atoms with E-state index in [2.05, 4.69) is 5.32 Å². The normalized spacial score (nSPS) is 9.18. The number of hydrogen-bond acceptors (Lipinski definition) is 3. The molecule has 0 saturated carbocycles. The molecule has 1 amide bonds. The van der Waals surface area contributed by atoms with E-state index in [4.69, 9.17) is 10.8 Å². The van der Waals surface area contributed by atoms with Crippen LogP contribution in [0.5, 0.6) is 0 Å². The lowest BCUT2D eigenvalue weighted by Crippen LogP contribution is -2.29. The summed E-state index contributed by atoms with van der Waals surface area (Å²) in [6.45, 7) is 0.775. The Morgan fingerprint density at radius 1 is 1.36 bits per heavy atom. The van der Waals surface area contributed by atoms with Gasteiger partial charge in [0.1, 0.15) is 0 Å². The van der Waals surface area contributed by atoms with Gasteiger partial charge in [0.25, 0.3) is 0 Å². The van der Waals surface area contributed by atoms with E-state index in [1.54, 1.807) is 0 Å². The minimum absolute atomic E-state index is 0.0231. The zero-order valence-electron chi connectivity index (χ0n) is 6.17. The lowest BCUT2D eigenvalue weighted by Gasteiger charge is -1.99. The predicted octanol–water partition coefficient (Wildman–Crippen LogP) is -1.07. The molecule has 0 fully saturated rings. The van der Waals surface area contributed by atoms with Crippen molar-refractivity contribution in [2.45, 2.75) is 12.8 Å². The summed E-state index contributed by atoms with van der Waals surface area (Å²) >= 11 is 0. The zero-order chi connectivity index (χ0) is 8.69. The molecule has 5 heteroatoms. The van der Waals surface area contributed by atoms with Gasteiger partial charge < -0.3 is 16.2 Å². The van der Waals surface area contributed by atoms with Crippen LogP contribution >= 0.6 is 0 Å². The van der Waals surface area contributed by atoms with Crippen molar-refractivity contribution in [3.8, 4) is 0 Å². The molecule has 0 spiro atoms. The van der Waals surface area contributed by atoms with E-state index in [1.807, 2.05) is 0 Å². The van der Waals surface area contributed by atoms with Crippen LogP contribution in [-0.2, 0) is 9.59 Å². The Bertz CT molecular complexity index is 147. The molecule has 0 bridgehead atoms. The van der Waals surface area contributed by atoms with Crippen molar-refractivity contribution >= 4 is 11.9 Å². The first-order valence-corrected chi connectivity index (χ1v) is 3.35. The second-order valence-electron chi connectivity index (χ2n) is 2.03. The average molecular weight is 160 g/mol. The van der Waals surface area contributed by atoms with Gasteiger partial charge in [0.15, 0.2) is 0 Å². The predicted molar refractivity (Wildman–Crippen MR) is 38.9 cm³/mol. The Hall–Kier alpha value is -1.10. The molecule has 0 saturated heterocycles. The third-order valence-electron chi connectivity index (χ3n) is 1.03. The number of nitrogens with one attached hydrogen (secondary N) is 1. The van der Waals surface area contributed by atoms with E-state index in [-0.39, 0.29) is 18.7 Å². The summed E-state index contributed by atoms with van der Waals surface area (Å²) in [5.41, 5.74) is 5.10. The van der Waals surface area contributed by atoms with Gasteiger partial charge >= 0.3 is 5.97 Å². The second-order valence-corrected chi connectivity index (χ2v) is 2.03. The second kappa shape index (κ2) is 5.67. The van der Waals surface area contributed by atoms with Crippen molar-refractivity contribution in [1.29, 1.82) is 0 Å². The molecule has 0 rings (SSSR count). The maximum Gasteiger partial charge on any atom is 0.303 e. The molecule has 5 nitrogen and oxygen atoms in total. The van der Waals surface area contributed by atoms with E-state index in [9.17, 15) is 9.59 Å². The van der Waals surface area contributed by atoms with Gasteiger partial charge in [-0.05, 0) is 0 Å². The van der Waals surface area contributed by atoms with Gasteiger partial charge in [-0.25, -0.2) is 0 Å². The highest BCUT2D eigenvalue weighted by Gasteiger charge is 2.02. The summed E-state index contributed by atoms with van der Waals surface area (Å²) in [6.07, 6.45) is -0.105. The van der Waals surface area contributed by atoms with E-state index in [1.165, 1.54) is 0 Å². The number of hydrogen-bond donors (Lipinski definition) is 3. The van der Waals surface area contributed by atoms with Crippen molar-refractivity contribution in [3.05, 3.63) is 0 Å². The highest BCUT2D eigenvalue weighted by molar-refractivity contribution is 5.80. The van der Waals surface area contributed by atoms with E-state index >= 15 is 0 Å². The smallest absolute Gasteiger partial charge is 0.303 e. The van der Waals surface area contributed by atoms with Crippen molar-refractivity contribution in [3.63, 3.8) is 0 Å². The van der Waals surface area contributed by atoms with Crippen LogP contribution in [0.1, 0.15) is 12.8 Å². The molecule has 0 atom stereocenters. The number of carbonyl (C=O) groups excluding carboxylic acids is 1. The first kappa shape index (κ1) is 9.90. The summed E-state index contributed by atoms with van der Waals surface area (Å²) in [7, 11) is 0. The Labute approximate surface area is 64.6 Å². The number of amides is 1. The molecule has 0 heterocycles. The molecule has 0 aromatic rings. The van der Waals surface area contributed by atoms with Crippen molar-refractivity contribution in [2.24, 2.45) is 5.73 Å². The summed E-state index contributed by atoms with van der Waals surface area (Å²) in [5.74, 6) is -1.23. The number of nitrogens with two attached hydrogens (primary N) is 1. The zero-order valence-corrected chi connectivity index (χ0v) is 6.17. The lowest BCUT2D eigenvalue weighted by molar-refractivity contribution is -0.138. The number of carboxylic acids is 1. The van der Waals surface area contributed by atoms with Crippen LogP contribution in [0.2, 0.25) is 0 Å². The van der Waals surface area contributed by atoms with Gasteiger partial charge in [0.05, 0.1) is 6.42 Å². The van der Waals surface area contributed by atoms with Crippen molar-refractivity contribution in [2.75, 3.05) is 13.1 Å². The first-order valence-electron chi connectivity index (χ1n) is 3.35. The molecular formula is C6H12N2O3. The van der Waals surface area contributed by atoms with Gasteiger partial charge in [-0.2, -0.15) is 0 Å². The minimum atomic E-state index is -0.965. The Morgan fingerprint density at radius 2 is 2.00 bits per heavy atom. The number of rotatable bonds is 5. The lowest BCUT2D eigenvalue weighted by atomic mass is 10.3. The SMILES string of the molecule is NCCNC(=O)CCC(=O)O. The van der Waals surface area contributed by atoms with Crippen LogP contribution in [-0.4, -0.2) is 30.1 Å². The summed E-state index contributed by atoms with van der Waals surface area (Å²) in [5, 5.41) is 10.6. The fraction of sp³-hybridized carbons (Fsp3) is 0.667. The Kier molecular flexibility index (Phi) is 5.10. The topological polar surface area (TPSA) is 92.4 Å². The number of carboxylic acid groups (broad SMARTS) is 1. The van der Waals surface area contributed by atoms with E-state index in [0.717, 1.165) is 0 Å². The maximum atomic E-state index is 10.7. The molecule has 0 unspecified atom stereocenters. The van der Waals surface area contributed by atoms with Gasteiger partial charge in [-0.1, -0.05) is 0 Å². The quantitative estimate of drug-likeness (QED) is 0.477. The van der Waals surface area contributed by atoms with Crippen LogP contribution in [0, 0.1) is 0 Å². The molecule has 0 radical (unpaired) electrons. The summed E-state index contributed by atoms with van der Waals surface area (Å²) in [6, 6.07) is 0. The molecular weight excluding hydrogens is 148 g/mol. The maximum absolute atomic E-state index is 10.7. The third-order valence-corrected chi connectivity index (χ3v) is 1.03. The van der Waals surface area contributed by atoms with Gasteiger partial charge in [0, 0.05) is 19.5 Å². The monoisotopic (exact) mass is 160 g/mol. The molecule has 0 aliphatic carbocycles. The molecule has 4 N–H and O–H groups in total. The molecule has 11 heavy (non-hydrogen) atoms. The van der Waals surface area contributed by atoms with Crippen LogP contribution in [0.25, 0.3) is 0 Å². The fourth-order valence-electron chi connectivity index (χ4n) is 0.520. The molecule has 0 aromatic heterocycles. The largest absolute Gasteiger partial charge is 0.481 e. The summed E-state index contributed by atoms with van der Waals surface area (Å²) < 4.78 is 0. The van der Waals surface area contributed by atoms with Crippen LogP contribution in [0.4, 0.5) is 0 Å². The van der Waals surface area contributed by atoms with E-state index in [0.29, 0.717) is 13.1 Å². The third kappa shape index (κ3) is 6.79.